The quantitative estimate of drug-likeness (QED) is 0.637. The number of carbonyl (C=O) groups is 2. The number of amides is 1. The molecule has 2 unspecified atom stereocenters. The standard InChI is InChI=1S/C16H29NO3/c1-7-20-14(19)12(15(2,3)4)13(18)17-11-9-8-10-16(11,5)6/h11-12H,7-10H2,1-6H3,(H,17,18). The third-order valence-corrected chi connectivity index (χ3v) is 4.22. The molecule has 1 fully saturated rings. The molecule has 1 aliphatic rings. The number of carbonyl (C=O) groups excluding carboxylic acids is 2. The summed E-state index contributed by atoms with van der Waals surface area (Å²) in [6.45, 7) is 12.1. The number of hydrogen-bond donors (Lipinski definition) is 1. The fourth-order valence-corrected chi connectivity index (χ4v) is 2.93. The first-order valence-electron chi connectivity index (χ1n) is 7.56. The predicted molar refractivity (Wildman–Crippen MR) is 79.1 cm³/mol. The van der Waals surface area contributed by atoms with Gasteiger partial charge in [-0.25, -0.2) is 0 Å². The van der Waals surface area contributed by atoms with Crippen molar-refractivity contribution >= 4 is 11.9 Å². The van der Waals surface area contributed by atoms with Crippen LogP contribution in [0.15, 0.2) is 0 Å². The molecule has 20 heavy (non-hydrogen) atoms. The SMILES string of the molecule is CCOC(=O)C(C(=O)NC1CCCC1(C)C)C(C)(C)C. The highest BCUT2D eigenvalue weighted by molar-refractivity contribution is 5.98. The summed E-state index contributed by atoms with van der Waals surface area (Å²) in [5.74, 6) is -1.37. The lowest BCUT2D eigenvalue weighted by Gasteiger charge is -2.32. The van der Waals surface area contributed by atoms with Gasteiger partial charge in [0, 0.05) is 6.04 Å². The van der Waals surface area contributed by atoms with E-state index in [1.54, 1.807) is 6.92 Å². The molecular formula is C16H29NO3. The van der Waals surface area contributed by atoms with Gasteiger partial charge in [-0.05, 0) is 30.6 Å². The maximum atomic E-state index is 12.5. The van der Waals surface area contributed by atoms with Crippen LogP contribution >= 0.6 is 0 Å². The Balaban J connectivity index is 2.82. The van der Waals surface area contributed by atoms with E-state index in [1.165, 1.54) is 0 Å². The maximum Gasteiger partial charge on any atom is 0.319 e. The van der Waals surface area contributed by atoms with Crippen molar-refractivity contribution in [3.63, 3.8) is 0 Å². The topological polar surface area (TPSA) is 55.4 Å². The van der Waals surface area contributed by atoms with Gasteiger partial charge in [-0.15, -0.1) is 0 Å². The lowest BCUT2D eigenvalue weighted by molar-refractivity contribution is -0.157. The lowest BCUT2D eigenvalue weighted by atomic mass is 9.79. The van der Waals surface area contributed by atoms with Gasteiger partial charge in [0.05, 0.1) is 6.61 Å². The molecule has 1 N–H and O–H groups in total. The van der Waals surface area contributed by atoms with E-state index in [4.69, 9.17) is 4.74 Å². The summed E-state index contributed by atoms with van der Waals surface area (Å²) in [6, 6.07) is 0.147. The van der Waals surface area contributed by atoms with E-state index < -0.39 is 17.3 Å². The van der Waals surface area contributed by atoms with E-state index in [9.17, 15) is 9.59 Å². The van der Waals surface area contributed by atoms with E-state index in [1.807, 2.05) is 20.8 Å². The minimum absolute atomic E-state index is 0.104. The fourth-order valence-electron chi connectivity index (χ4n) is 2.93. The van der Waals surface area contributed by atoms with E-state index in [0.29, 0.717) is 6.61 Å². The van der Waals surface area contributed by atoms with E-state index >= 15 is 0 Å². The second-order valence-corrected chi connectivity index (χ2v) is 7.49. The van der Waals surface area contributed by atoms with Crippen LogP contribution in [0.3, 0.4) is 0 Å². The summed E-state index contributed by atoms with van der Waals surface area (Å²) in [4.78, 5) is 24.6. The van der Waals surface area contributed by atoms with Gasteiger partial charge in [0.2, 0.25) is 5.91 Å². The van der Waals surface area contributed by atoms with Gasteiger partial charge >= 0.3 is 5.97 Å². The molecule has 0 saturated heterocycles. The van der Waals surface area contributed by atoms with Crippen LogP contribution in [0.1, 0.15) is 60.8 Å². The van der Waals surface area contributed by atoms with Crippen molar-refractivity contribution in [2.45, 2.75) is 66.8 Å². The highest BCUT2D eigenvalue weighted by Gasteiger charge is 2.42. The number of rotatable bonds is 4. The second kappa shape index (κ2) is 6.15. The smallest absolute Gasteiger partial charge is 0.319 e. The molecule has 0 spiro atoms. The molecule has 116 valence electrons. The molecule has 1 rings (SSSR count). The number of esters is 1. The first kappa shape index (κ1) is 17.0. The van der Waals surface area contributed by atoms with Crippen LogP contribution in [0.2, 0.25) is 0 Å². The maximum absolute atomic E-state index is 12.5. The molecule has 4 heteroatoms. The molecule has 1 aliphatic carbocycles. The molecule has 1 saturated carbocycles. The zero-order valence-electron chi connectivity index (χ0n) is 13.7. The Morgan fingerprint density at radius 1 is 1.35 bits per heavy atom. The zero-order chi connectivity index (χ0) is 15.6. The van der Waals surface area contributed by atoms with Gasteiger partial charge in [-0.3, -0.25) is 9.59 Å². The Hall–Kier alpha value is -1.06. The average Bonchev–Trinajstić information content (AvgIpc) is 2.56. The lowest BCUT2D eigenvalue weighted by Crippen LogP contribution is -2.49. The van der Waals surface area contributed by atoms with Crippen molar-refractivity contribution in [3.05, 3.63) is 0 Å². The van der Waals surface area contributed by atoms with Crippen molar-refractivity contribution in [1.82, 2.24) is 5.32 Å². The molecule has 0 heterocycles. The van der Waals surface area contributed by atoms with Gasteiger partial charge in [-0.2, -0.15) is 0 Å². The molecule has 0 aromatic carbocycles. The monoisotopic (exact) mass is 283 g/mol. The first-order valence-corrected chi connectivity index (χ1v) is 7.56. The minimum atomic E-state index is -0.751. The Labute approximate surface area is 122 Å². The van der Waals surface area contributed by atoms with E-state index in [0.717, 1.165) is 19.3 Å². The highest BCUT2D eigenvalue weighted by atomic mass is 16.5. The Kier molecular flexibility index (Phi) is 5.22. The molecule has 4 nitrogen and oxygen atoms in total. The first-order chi connectivity index (χ1) is 9.09. The van der Waals surface area contributed by atoms with Crippen LogP contribution < -0.4 is 5.32 Å². The molecule has 0 aromatic heterocycles. The molecule has 2 atom stereocenters. The van der Waals surface area contributed by atoms with E-state index in [-0.39, 0.29) is 17.4 Å². The third kappa shape index (κ3) is 3.97. The van der Waals surface area contributed by atoms with Gasteiger partial charge in [0.15, 0.2) is 0 Å². The summed E-state index contributed by atoms with van der Waals surface area (Å²) in [5.41, 5.74) is -0.341. The Morgan fingerprint density at radius 2 is 1.95 bits per heavy atom. The van der Waals surface area contributed by atoms with Crippen LogP contribution in [0, 0.1) is 16.7 Å². The normalized spacial score (nSPS) is 23.2. The number of nitrogens with one attached hydrogen (secondary N) is 1. The van der Waals surface area contributed by atoms with Crippen LogP contribution in [0.5, 0.6) is 0 Å². The van der Waals surface area contributed by atoms with Crippen LogP contribution in [0.4, 0.5) is 0 Å². The summed E-state index contributed by atoms with van der Waals surface area (Å²) in [6.07, 6.45) is 3.22. The predicted octanol–water partition coefficient (Wildman–Crippen LogP) is 2.91. The van der Waals surface area contributed by atoms with Crippen LogP contribution in [0.25, 0.3) is 0 Å². The van der Waals surface area contributed by atoms with Crippen molar-refractivity contribution in [2.24, 2.45) is 16.7 Å². The summed E-state index contributed by atoms with van der Waals surface area (Å²) in [7, 11) is 0. The van der Waals surface area contributed by atoms with E-state index in [2.05, 4.69) is 19.2 Å². The third-order valence-electron chi connectivity index (χ3n) is 4.22. The summed E-state index contributed by atoms with van der Waals surface area (Å²) >= 11 is 0. The van der Waals surface area contributed by atoms with Crippen molar-refractivity contribution in [1.29, 1.82) is 0 Å². The molecule has 0 bridgehead atoms. The minimum Gasteiger partial charge on any atom is -0.465 e. The Morgan fingerprint density at radius 3 is 2.35 bits per heavy atom. The van der Waals surface area contributed by atoms with Crippen molar-refractivity contribution in [2.75, 3.05) is 6.61 Å². The van der Waals surface area contributed by atoms with Crippen LogP contribution in [-0.2, 0) is 14.3 Å². The zero-order valence-corrected chi connectivity index (χ0v) is 13.7. The molecule has 0 radical (unpaired) electrons. The molecule has 0 aromatic rings. The van der Waals surface area contributed by atoms with Gasteiger partial charge < -0.3 is 10.1 Å². The summed E-state index contributed by atoms with van der Waals surface area (Å²) < 4.78 is 5.07. The highest BCUT2D eigenvalue weighted by Crippen LogP contribution is 2.38. The molecule has 1 amide bonds. The summed E-state index contributed by atoms with van der Waals surface area (Å²) in [5, 5.41) is 3.08. The number of ether oxygens (including phenoxy) is 1. The van der Waals surface area contributed by atoms with Gasteiger partial charge in [0.25, 0.3) is 0 Å². The molecule has 0 aliphatic heterocycles. The second-order valence-electron chi connectivity index (χ2n) is 7.49. The van der Waals surface area contributed by atoms with Crippen LogP contribution in [-0.4, -0.2) is 24.5 Å². The van der Waals surface area contributed by atoms with Crippen molar-refractivity contribution in [3.8, 4) is 0 Å². The molecular weight excluding hydrogens is 254 g/mol. The average molecular weight is 283 g/mol. The fraction of sp³-hybridized carbons (Fsp3) is 0.875. The Bertz CT molecular complexity index is 368. The van der Waals surface area contributed by atoms with Crippen molar-refractivity contribution < 1.29 is 14.3 Å². The van der Waals surface area contributed by atoms with Gasteiger partial charge in [-0.1, -0.05) is 41.0 Å². The number of hydrogen-bond acceptors (Lipinski definition) is 3. The largest absolute Gasteiger partial charge is 0.465 e. The van der Waals surface area contributed by atoms with Gasteiger partial charge in [0.1, 0.15) is 5.92 Å².